The minimum Gasteiger partial charge on any atom is -0.482 e. The smallest absolute Gasteiger partial charge is 0.344 e. The van der Waals surface area contributed by atoms with Crippen LogP contribution in [-0.2, 0) is 14.3 Å². The molecule has 0 bridgehead atoms. The Morgan fingerprint density at radius 1 is 1.14 bits per heavy atom. The van der Waals surface area contributed by atoms with Gasteiger partial charge in [0.25, 0.3) is 5.91 Å². The molecule has 0 fully saturated rings. The molecule has 1 N–H and O–H groups in total. The number of ether oxygens (including phenoxy) is 2. The number of hydrogen-bond acceptors (Lipinski definition) is 6. The maximum Gasteiger partial charge on any atom is 0.344 e. The van der Waals surface area contributed by atoms with Gasteiger partial charge in [0.15, 0.2) is 18.3 Å². The van der Waals surface area contributed by atoms with Crippen molar-refractivity contribution in [1.82, 2.24) is 4.98 Å². The van der Waals surface area contributed by atoms with Gasteiger partial charge in [0.05, 0.1) is 5.69 Å². The van der Waals surface area contributed by atoms with Crippen LogP contribution in [0.5, 0.6) is 5.75 Å². The highest BCUT2D eigenvalue weighted by Crippen LogP contribution is 2.26. The third-order valence-electron chi connectivity index (χ3n) is 3.67. The number of nitrogens with one attached hydrogen (secondary N) is 1. The molecule has 144 valence electrons. The first-order chi connectivity index (χ1) is 13.5. The predicted molar refractivity (Wildman–Crippen MR) is 112 cm³/mol. The highest BCUT2D eigenvalue weighted by atomic mass is 79.9. The number of hydrogen-bond donors (Lipinski definition) is 1. The van der Waals surface area contributed by atoms with E-state index in [4.69, 9.17) is 9.47 Å². The third-order valence-corrected chi connectivity index (χ3v) is 4.93. The Morgan fingerprint density at radius 2 is 1.96 bits per heavy atom. The number of thiazole rings is 1. The number of carbonyl (C=O) groups is 2. The van der Waals surface area contributed by atoms with Gasteiger partial charge in [-0.1, -0.05) is 46.3 Å². The SMILES string of the molecule is Cc1ccccc1OCC(=O)OCC(=O)Nc1nc(-c2cccc(Br)c2)cs1. The number of nitrogens with zero attached hydrogens (tertiary/aromatic N) is 1. The van der Waals surface area contributed by atoms with Crippen molar-refractivity contribution in [1.29, 1.82) is 0 Å². The molecule has 6 nitrogen and oxygen atoms in total. The Labute approximate surface area is 174 Å². The standard InChI is InChI=1S/C20H17BrN2O4S/c1-13-5-2-3-8-17(13)26-11-19(25)27-10-18(24)23-20-22-16(12-28-20)14-6-4-7-15(21)9-14/h2-9,12H,10-11H2,1H3,(H,22,23,24). The molecule has 0 aliphatic rings. The van der Waals surface area contributed by atoms with Gasteiger partial charge in [0.1, 0.15) is 5.75 Å². The lowest BCUT2D eigenvalue weighted by molar-refractivity contribution is -0.149. The Kier molecular flexibility index (Phi) is 6.78. The van der Waals surface area contributed by atoms with Crippen LogP contribution < -0.4 is 10.1 Å². The van der Waals surface area contributed by atoms with Crippen molar-refractivity contribution in [2.24, 2.45) is 0 Å². The van der Waals surface area contributed by atoms with E-state index in [1.54, 1.807) is 6.07 Å². The number of carbonyl (C=O) groups excluding carboxylic acids is 2. The topological polar surface area (TPSA) is 77.5 Å². The van der Waals surface area contributed by atoms with Crippen molar-refractivity contribution in [3.05, 3.63) is 63.9 Å². The minimum absolute atomic E-state index is 0.261. The van der Waals surface area contributed by atoms with Crippen molar-refractivity contribution < 1.29 is 19.1 Å². The van der Waals surface area contributed by atoms with Crippen LogP contribution in [0.25, 0.3) is 11.3 Å². The molecule has 0 radical (unpaired) electrons. The molecule has 0 saturated heterocycles. The first kappa shape index (κ1) is 20.0. The minimum atomic E-state index is -0.618. The predicted octanol–water partition coefficient (Wildman–Crippen LogP) is 4.44. The van der Waals surface area contributed by atoms with Crippen LogP contribution in [-0.4, -0.2) is 30.1 Å². The van der Waals surface area contributed by atoms with Gasteiger partial charge in [-0.15, -0.1) is 11.3 Å². The Bertz CT molecular complexity index is 990. The molecule has 0 saturated carbocycles. The zero-order valence-corrected chi connectivity index (χ0v) is 17.4. The van der Waals surface area contributed by atoms with Crippen LogP contribution >= 0.6 is 27.3 Å². The normalized spacial score (nSPS) is 10.4. The number of benzene rings is 2. The Balaban J connectivity index is 1.45. The molecule has 0 aliphatic carbocycles. The maximum absolute atomic E-state index is 12.0. The summed E-state index contributed by atoms with van der Waals surface area (Å²) in [5.41, 5.74) is 2.61. The fourth-order valence-corrected chi connectivity index (χ4v) is 3.44. The summed E-state index contributed by atoms with van der Waals surface area (Å²) in [5, 5.41) is 4.91. The average Bonchev–Trinajstić information content (AvgIpc) is 3.14. The van der Waals surface area contributed by atoms with E-state index >= 15 is 0 Å². The van der Waals surface area contributed by atoms with E-state index in [0.717, 1.165) is 21.3 Å². The number of aromatic nitrogens is 1. The summed E-state index contributed by atoms with van der Waals surface area (Å²) in [6.45, 7) is 1.22. The molecule has 2 aromatic carbocycles. The molecule has 0 aliphatic heterocycles. The molecule has 1 aromatic heterocycles. The number of esters is 1. The molecule has 0 unspecified atom stereocenters. The molecule has 1 amide bonds. The maximum atomic E-state index is 12.0. The van der Waals surface area contributed by atoms with Gasteiger partial charge in [-0.2, -0.15) is 0 Å². The van der Waals surface area contributed by atoms with Crippen LogP contribution in [0.15, 0.2) is 58.4 Å². The van der Waals surface area contributed by atoms with Crippen LogP contribution in [0.2, 0.25) is 0 Å². The molecular formula is C20H17BrN2O4S. The highest BCUT2D eigenvalue weighted by Gasteiger charge is 2.12. The lowest BCUT2D eigenvalue weighted by Gasteiger charge is -2.08. The van der Waals surface area contributed by atoms with E-state index in [1.165, 1.54) is 11.3 Å². The number of anilines is 1. The quantitative estimate of drug-likeness (QED) is 0.527. The lowest BCUT2D eigenvalue weighted by atomic mass is 10.2. The van der Waals surface area contributed by atoms with Gasteiger partial charge >= 0.3 is 5.97 Å². The van der Waals surface area contributed by atoms with Gasteiger partial charge in [-0.3, -0.25) is 10.1 Å². The van der Waals surface area contributed by atoms with Crippen molar-refractivity contribution in [3.63, 3.8) is 0 Å². The molecular weight excluding hydrogens is 444 g/mol. The van der Waals surface area contributed by atoms with Gasteiger partial charge in [0, 0.05) is 15.4 Å². The fraction of sp³-hybridized carbons (Fsp3) is 0.150. The van der Waals surface area contributed by atoms with Crippen molar-refractivity contribution >= 4 is 44.3 Å². The summed E-state index contributed by atoms with van der Waals surface area (Å²) in [6, 6.07) is 15.1. The summed E-state index contributed by atoms with van der Waals surface area (Å²) in [4.78, 5) is 28.1. The van der Waals surface area contributed by atoms with E-state index in [0.29, 0.717) is 10.9 Å². The summed E-state index contributed by atoms with van der Waals surface area (Å²) in [7, 11) is 0. The van der Waals surface area contributed by atoms with E-state index in [1.807, 2.05) is 54.8 Å². The largest absolute Gasteiger partial charge is 0.482 e. The molecule has 0 atom stereocenters. The molecule has 1 heterocycles. The van der Waals surface area contributed by atoms with Gasteiger partial charge in [-0.25, -0.2) is 9.78 Å². The van der Waals surface area contributed by atoms with E-state index in [2.05, 4.69) is 26.2 Å². The monoisotopic (exact) mass is 460 g/mol. The summed E-state index contributed by atoms with van der Waals surface area (Å²) >= 11 is 4.72. The Hall–Kier alpha value is -2.71. The van der Waals surface area contributed by atoms with Crippen molar-refractivity contribution in [2.75, 3.05) is 18.5 Å². The summed E-state index contributed by atoms with van der Waals surface area (Å²) in [5.74, 6) is -0.474. The van der Waals surface area contributed by atoms with Gasteiger partial charge in [0.2, 0.25) is 0 Å². The number of halogens is 1. The zero-order chi connectivity index (χ0) is 19.9. The van der Waals surface area contributed by atoms with Gasteiger partial charge < -0.3 is 9.47 Å². The van der Waals surface area contributed by atoms with E-state index < -0.39 is 18.5 Å². The molecule has 0 spiro atoms. The molecule has 28 heavy (non-hydrogen) atoms. The van der Waals surface area contributed by atoms with Crippen molar-refractivity contribution in [3.8, 4) is 17.0 Å². The van der Waals surface area contributed by atoms with Crippen LogP contribution in [0, 0.1) is 6.92 Å². The van der Waals surface area contributed by atoms with Crippen LogP contribution in [0.4, 0.5) is 5.13 Å². The fourth-order valence-electron chi connectivity index (χ4n) is 2.31. The third kappa shape index (κ3) is 5.64. The van der Waals surface area contributed by atoms with E-state index in [9.17, 15) is 9.59 Å². The van der Waals surface area contributed by atoms with E-state index in [-0.39, 0.29) is 6.61 Å². The second kappa shape index (κ2) is 9.48. The molecule has 8 heteroatoms. The average molecular weight is 461 g/mol. The second-order valence-electron chi connectivity index (χ2n) is 5.81. The molecule has 3 rings (SSSR count). The number of rotatable bonds is 7. The number of para-hydroxylation sites is 1. The second-order valence-corrected chi connectivity index (χ2v) is 7.59. The van der Waals surface area contributed by atoms with Crippen molar-refractivity contribution in [2.45, 2.75) is 6.92 Å². The lowest BCUT2D eigenvalue weighted by Crippen LogP contribution is -2.23. The zero-order valence-electron chi connectivity index (χ0n) is 15.0. The van der Waals surface area contributed by atoms with Gasteiger partial charge in [-0.05, 0) is 30.7 Å². The number of amides is 1. The highest BCUT2D eigenvalue weighted by molar-refractivity contribution is 9.10. The number of aryl methyl sites for hydroxylation is 1. The summed E-state index contributed by atoms with van der Waals surface area (Å²) < 4.78 is 11.3. The first-order valence-electron chi connectivity index (χ1n) is 8.36. The first-order valence-corrected chi connectivity index (χ1v) is 10.0. The molecule has 3 aromatic rings. The van der Waals surface area contributed by atoms with Crippen LogP contribution in [0.3, 0.4) is 0 Å². The van der Waals surface area contributed by atoms with Crippen LogP contribution in [0.1, 0.15) is 5.56 Å². The Morgan fingerprint density at radius 3 is 2.75 bits per heavy atom. The summed E-state index contributed by atoms with van der Waals surface area (Å²) in [6.07, 6.45) is 0.